The van der Waals surface area contributed by atoms with E-state index in [-0.39, 0.29) is 5.43 Å². The fourth-order valence-electron chi connectivity index (χ4n) is 2.65. The smallest absolute Gasteiger partial charge is 0.197 e. The van der Waals surface area contributed by atoms with Gasteiger partial charge in [-0.05, 0) is 24.3 Å². The minimum Gasteiger partial charge on any atom is -0.493 e. The van der Waals surface area contributed by atoms with Gasteiger partial charge in [0, 0.05) is 12.4 Å². The standard InChI is InChI=1S/C16H15NO3/c1-17-12-7-5-4-6-10(12)15(18)11-8-9-13(19-2)16(20-3)14(11)17/h4-9H,1-3H3. The van der Waals surface area contributed by atoms with Crippen LogP contribution in [0.4, 0.5) is 0 Å². The van der Waals surface area contributed by atoms with Crippen molar-refractivity contribution in [3.05, 3.63) is 46.6 Å². The number of aromatic nitrogens is 1. The summed E-state index contributed by atoms with van der Waals surface area (Å²) >= 11 is 0. The van der Waals surface area contributed by atoms with Crippen molar-refractivity contribution in [2.24, 2.45) is 7.05 Å². The molecule has 0 saturated carbocycles. The number of ether oxygens (including phenoxy) is 2. The van der Waals surface area contributed by atoms with Gasteiger partial charge in [0.25, 0.3) is 0 Å². The molecule has 4 nitrogen and oxygen atoms in total. The van der Waals surface area contributed by atoms with Crippen molar-refractivity contribution < 1.29 is 9.47 Å². The fraction of sp³-hybridized carbons (Fsp3) is 0.188. The van der Waals surface area contributed by atoms with Crippen LogP contribution < -0.4 is 14.9 Å². The van der Waals surface area contributed by atoms with Crippen LogP contribution in [0.5, 0.6) is 11.5 Å². The maximum absolute atomic E-state index is 12.6. The second-order valence-electron chi connectivity index (χ2n) is 4.60. The molecule has 1 heterocycles. The number of pyridine rings is 1. The lowest BCUT2D eigenvalue weighted by molar-refractivity contribution is 0.357. The van der Waals surface area contributed by atoms with Crippen molar-refractivity contribution >= 4 is 21.8 Å². The third-order valence-corrected chi connectivity index (χ3v) is 3.61. The number of rotatable bonds is 2. The Hall–Kier alpha value is -2.49. The van der Waals surface area contributed by atoms with E-state index in [4.69, 9.17) is 9.47 Å². The third kappa shape index (κ3) is 1.58. The zero-order chi connectivity index (χ0) is 14.3. The highest BCUT2D eigenvalue weighted by molar-refractivity contribution is 5.97. The summed E-state index contributed by atoms with van der Waals surface area (Å²) in [6, 6.07) is 11.1. The van der Waals surface area contributed by atoms with Crippen LogP contribution in [-0.4, -0.2) is 18.8 Å². The van der Waals surface area contributed by atoms with Gasteiger partial charge >= 0.3 is 0 Å². The molecule has 0 N–H and O–H groups in total. The highest BCUT2D eigenvalue weighted by Crippen LogP contribution is 2.35. The summed E-state index contributed by atoms with van der Waals surface area (Å²) in [5.74, 6) is 1.20. The van der Waals surface area contributed by atoms with E-state index >= 15 is 0 Å². The van der Waals surface area contributed by atoms with Crippen LogP contribution in [0.15, 0.2) is 41.2 Å². The summed E-state index contributed by atoms with van der Waals surface area (Å²) in [6.45, 7) is 0. The van der Waals surface area contributed by atoms with Crippen LogP contribution in [0.1, 0.15) is 0 Å². The number of hydrogen-bond donors (Lipinski definition) is 0. The molecule has 0 radical (unpaired) electrons. The van der Waals surface area contributed by atoms with Crippen molar-refractivity contribution in [2.45, 2.75) is 0 Å². The van der Waals surface area contributed by atoms with Gasteiger partial charge in [0.05, 0.1) is 30.6 Å². The summed E-state index contributed by atoms with van der Waals surface area (Å²) in [6.07, 6.45) is 0. The lowest BCUT2D eigenvalue weighted by Gasteiger charge is -2.15. The van der Waals surface area contributed by atoms with Crippen molar-refractivity contribution in [2.75, 3.05) is 14.2 Å². The lowest BCUT2D eigenvalue weighted by Crippen LogP contribution is -2.10. The summed E-state index contributed by atoms with van der Waals surface area (Å²) in [7, 11) is 5.09. The molecule has 0 saturated heterocycles. The first kappa shape index (κ1) is 12.5. The number of para-hydroxylation sites is 1. The summed E-state index contributed by atoms with van der Waals surface area (Å²) < 4.78 is 12.7. The molecule has 0 aliphatic carbocycles. The van der Waals surface area contributed by atoms with Crippen LogP contribution in [0.2, 0.25) is 0 Å². The van der Waals surface area contributed by atoms with Crippen molar-refractivity contribution in [1.82, 2.24) is 4.57 Å². The van der Waals surface area contributed by atoms with Crippen molar-refractivity contribution in [1.29, 1.82) is 0 Å². The Morgan fingerprint density at radius 2 is 1.70 bits per heavy atom. The van der Waals surface area contributed by atoms with Gasteiger partial charge in [-0.3, -0.25) is 4.79 Å². The SMILES string of the molecule is COc1ccc2c(=O)c3ccccc3n(C)c2c1OC. The summed E-state index contributed by atoms with van der Waals surface area (Å²) in [5, 5.41) is 1.33. The molecule has 0 amide bonds. The molecule has 0 unspecified atom stereocenters. The van der Waals surface area contributed by atoms with E-state index in [1.807, 2.05) is 35.9 Å². The first-order valence-corrected chi connectivity index (χ1v) is 6.31. The Morgan fingerprint density at radius 3 is 2.40 bits per heavy atom. The topological polar surface area (TPSA) is 40.5 Å². The van der Waals surface area contributed by atoms with E-state index in [1.54, 1.807) is 26.4 Å². The number of fused-ring (bicyclic) bond motifs is 2. The van der Waals surface area contributed by atoms with E-state index in [0.717, 1.165) is 11.0 Å². The van der Waals surface area contributed by atoms with Gasteiger partial charge in [-0.15, -0.1) is 0 Å². The lowest BCUT2D eigenvalue weighted by atomic mass is 10.1. The zero-order valence-corrected chi connectivity index (χ0v) is 11.6. The monoisotopic (exact) mass is 269 g/mol. The van der Waals surface area contributed by atoms with Gasteiger partial charge in [0.15, 0.2) is 16.9 Å². The Kier molecular flexibility index (Phi) is 2.86. The maximum Gasteiger partial charge on any atom is 0.197 e. The molecule has 0 atom stereocenters. The van der Waals surface area contributed by atoms with Gasteiger partial charge in [0.2, 0.25) is 0 Å². The Labute approximate surface area is 116 Å². The van der Waals surface area contributed by atoms with Crippen LogP contribution in [0.25, 0.3) is 21.8 Å². The molecular weight excluding hydrogens is 254 g/mol. The summed E-state index contributed by atoms with van der Waals surface area (Å²) in [4.78, 5) is 12.6. The molecule has 2 aromatic carbocycles. The molecule has 3 aromatic rings. The molecule has 0 spiro atoms. The van der Waals surface area contributed by atoms with Crippen molar-refractivity contribution in [3.8, 4) is 11.5 Å². The van der Waals surface area contributed by atoms with Crippen molar-refractivity contribution in [3.63, 3.8) is 0 Å². The molecule has 1 aromatic heterocycles. The molecule has 3 rings (SSSR count). The van der Waals surface area contributed by atoms with E-state index < -0.39 is 0 Å². The molecule has 4 heteroatoms. The Morgan fingerprint density at radius 1 is 0.950 bits per heavy atom. The number of benzene rings is 2. The van der Waals surface area contributed by atoms with Gasteiger partial charge < -0.3 is 14.0 Å². The van der Waals surface area contributed by atoms with E-state index in [1.165, 1.54) is 0 Å². The van der Waals surface area contributed by atoms with E-state index in [0.29, 0.717) is 22.3 Å². The average Bonchev–Trinajstić information content (AvgIpc) is 2.51. The molecule has 0 bridgehead atoms. The van der Waals surface area contributed by atoms with Gasteiger partial charge in [-0.1, -0.05) is 12.1 Å². The van der Waals surface area contributed by atoms with E-state index in [2.05, 4.69) is 0 Å². The highest BCUT2D eigenvalue weighted by atomic mass is 16.5. The number of methoxy groups -OCH3 is 2. The Balaban J connectivity index is 2.63. The normalized spacial score (nSPS) is 10.9. The first-order valence-electron chi connectivity index (χ1n) is 6.31. The maximum atomic E-state index is 12.6. The number of nitrogens with zero attached hydrogens (tertiary/aromatic N) is 1. The first-order chi connectivity index (χ1) is 9.69. The molecule has 0 aliphatic rings. The van der Waals surface area contributed by atoms with Gasteiger partial charge in [0.1, 0.15) is 0 Å². The minimum atomic E-state index is 0.00894. The van der Waals surface area contributed by atoms with E-state index in [9.17, 15) is 4.79 Å². The molecule has 102 valence electrons. The average molecular weight is 269 g/mol. The minimum absolute atomic E-state index is 0.00894. The molecular formula is C16H15NO3. The largest absolute Gasteiger partial charge is 0.493 e. The Bertz CT molecular complexity index is 865. The van der Waals surface area contributed by atoms with Crippen LogP contribution in [0.3, 0.4) is 0 Å². The van der Waals surface area contributed by atoms with Gasteiger partial charge in [-0.25, -0.2) is 0 Å². The molecule has 20 heavy (non-hydrogen) atoms. The zero-order valence-electron chi connectivity index (χ0n) is 11.6. The molecule has 0 aliphatic heterocycles. The number of aryl methyl sites for hydroxylation is 1. The summed E-state index contributed by atoms with van der Waals surface area (Å²) in [5.41, 5.74) is 1.63. The predicted molar refractivity (Wildman–Crippen MR) is 79.8 cm³/mol. The second kappa shape index (κ2) is 4.56. The molecule has 0 fully saturated rings. The van der Waals surface area contributed by atoms with Crippen LogP contribution in [0, 0.1) is 0 Å². The van der Waals surface area contributed by atoms with Crippen LogP contribution in [-0.2, 0) is 7.05 Å². The fourth-order valence-corrected chi connectivity index (χ4v) is 2.65. The van der Waals surface area contributed by atoms with Gasteiger partial charge in [-0.2, -0.15) is 0 Å². The number of hydrogen-bond acceptors (Lipinski definition) is 3. The predicted octanol–water partition coefficient (Wildman–Crippen LogP) is 2.71. The highest BCUT2D eigenvalue weighted by Gasteiger charge is 2.15. The third-order valence-electron chi connectivity index (χ3n) is 3.61. The second-order valence-corrected chi connectivity index (χ2v) is 4.60. The van der Waals surface area contributed by atoms with Crippen LogP contribution >= 0.6 is 0 Å². The quantitative estimate of drug-likeness (QED) is 0.672.